The molecule has 1 fully saturated rings. The highest BCUT2D eigenvalue weighted by Crippen LogP contribution is 2.34. The molecule has 1 aromatic heterocycles. The monoisotopic (exact) mass is 504 g/mol. The van der Waals surface area contributed by atoms with E-state index in [0.29, 0.717) is 15.8 Å². The fourth-order valence-electron chi connectivity index (χ4n) is 3.84. The van der Waals surface area contributed by atoms with Crippen LogP contribution in [0.5, 0.6) is 0 Å². The second-order valence-corrected chi connectivity index (χ2v) is 10.6. The van der Waals surface area contributed by atoms with Gasteiger partial charge in [0.25, 0.3) is 0 Å². The number of likely N-dealkylation sites (N-methyl/N-ethyl adjacent to an activating group) is 1. The molecule has 176 valence electrons. The lowest BCUT2D eigenvalue weighted by molar-refractivity contribution is -0.128. The van der Waals surface area contributed by atoms with Crippen LogP contribution in [0.4, 0.5) is 15.2 Å². The minimum absolute atomic E-state index is 0.0508. The molecule has 0 spiro atoms. The lowest BCUT2D eigenvalue weighted by Gasteiger charge is -2.38. The topological polar surface area (TPSA) is 91.8 Å². The van der Waals surface area contributed by atoms with Gasteiger partial charge < -0.3 is 15.1 Å². The van der Waals surface area contributed by atoms with Crippen LogP contribution in [0.15, 0.2) is 22.4 Å². The van der Waals surface area contributed by atoms with Crippen LogP contribution in [-0.4, -0.2) is 50.5 Å². The Labute approximate surface area is 196 Å². The number of hydrogen-bond donors (Lipinski definition) is 1. The van der Waals surface area contributed by atoms with E-state index in [9.17, 15) is 13.2 Å². The van der Waals surface area contributed by atoms with E-state index in [2.05, 4.69) is 27.0 Å². The largest absolute Gasteiger partial charge is 0.379 e. The predicted octanol–water partition coefficient (Wildman–Crippen LogP) is 4.20. The molecule has 0 bridgehead atoms. The summed E-state index contributed by atoms with van der Waals surface area (Å²) in [6.07, 6.45) is 4.08. The number of rotatable bonds is 9. The van der Waals surface area contributed by atoms with Gasteiger partial charge in [0.05, 0.1) is 16.4 Å². The molecular weight excluding hydrogens is 479 g/mol. The van der Waals surface area contributed by atoms with Gasteiger partial charge in [0.2, 0.25) is 5.13 Å². The third-order valence-electron chi connectivity index (χ3n) is 5.55. The van der Waals surface area contributed by atoms with Gasteiger partial charge in [0, 0.05) is 17.5 Å². The second-order valence-electron chi connectivity index (χ2n) is 7.64. The van der Waals surface area contributed by atoms with Crippen LogP contribution in [0.3, 0.4) is 0 Å². The first-order valence-electron chi connectivity index (χ1n) is 10.2. The summed E-state index contributed by atoms with van der Waals surface area (Å²) in [4.78, 5) is 21.1. The van der Waals surface area contributed by atoms with Gasteiger partial charge in [-0.25, -0.2) is 9.37 Å². The van der Waals surface area contributed by atoms with Gasteiger partial charge in [-0.05, 0) is 45.5 Å². The molecule has 8 nitrogen and oxygen atoms in total. The number of carbonyl (C=O) groups is 1. The number of halogens is 2. The molecule has 2 aromatic rings. The Morgan fingerprint density at radius 3 is 2.72 bits per heavy atom. The Morgan fingerprint density at radius 1 is 1.38 bits per heavy atom. The zero-order valence-corrected chi connectivity index (χ0v) is 20.4. The van der Waals surface area contributed by atoms with Crippen LogP contribution in [0.2, 0.25) is 5.02 Å². The number of nitrogens with one attached hydrogen (secondary N) is 1. The van der Waals surface area contributed by atoms with Gasteiger partial charge in [-0.3, -0.25) is 4.79 Å². The van der Waals surface area contributed by atoms with Crippen LogP contribution in [0.25, 0.3) is 0 Å². The molecule has 0 saturated heterocycles. The van der Waals surface area contributed by atoms with Crippen molar-refractivity contribution in [1.29, 1.82) is 0 Å². The lowest BCUT2D eigenvalue weighted by atomic mass is 9.89. The minimum atomic E-state index is -4.60. The van der Waals surface area contributed by atoms with Crippen molar-refractivity contribution in [2.24, 2.45) is 0 Å². The van der Waals surface area contributed by atoms with Crippen LogP contribution in [0.1, 0.15) is 38.3 Å². The molecule has 32 heavy (non-hydrogen) atoms. The first kappa shape index (κ1) is 24.7. The maximum absolute atomic E-state index is 15.0. The highest BCUT2D eigenvalue weighted by atomic mass is 35.5. The molecule has 0 unspecified atom stereocenters. The second kappa shape index (κ2) is 10.3. The minimum Gasteiger partial charge on any atom is -0.379 e. The van der Waals surface area contributed by atoms with Gasteiger partial charge in [-0.1, -0.05) is 35.8 Å². The first-order chi connectivity index (χ1) is 15.2. The standard InChI is InChI=1S/C20H26ClFN4O4S2/c1-4-25(3)18-8-6-5-7-16(18)24-17-10-15(22)19(9-14(17)21)32(28,29)26(30-12-27)20-23-13(2)11-31-20/h9-12,16,18,24H,4-8H2,1-3H3/t16-,18-/m0/s1. The zero-order valence-electron chi connectivity index (χ0n) is 18.0. The lowest BCUT2D eigenvalue weighted by Crippen LogP contribution is -2.47. The summed E-state index contributed by atoms with van der Waals surface area (Å²) in [5, 5.41) is 4.81. The molecule has 1 aliphatic rings. The number of aryl methyl sites for hydroxylation is 1. The smallest absolute Gasteiger partial charge is 0.322 e. The molecule has 3 rings (SSSR count). The van der Waals surface area contributed by atoms with Gasteiger partial charge in [0.15, 0.2) is 0 Å². The first-order valence-corrected chi connectivity index (χ1v) is 12.9. The molecule has 0 amide bonds. The van der Waals surface area contributed by atoms with E-state index in [1.165, 1.54) is 0 Å². The summed E-state index contributed by atoms with van der Waals surface area (Å²) >= 11 is 7.31. The van der Waals surface area contributed by atoms with Crippen molar-refractivity contribution in [3.8, 4) is 0 Å². The van der Waals surface area contributed by atoms with Gasteiger partial charge in [-0.2, -0.15) is 8.42 Å². The number of benzene rings is 1. The van der Waals surface area contributed by atoms with Crippen molar-refractivity contribution in [2.75, 3.05) is 23.4 Å². The quantitative estimate of drug-likeness (QED) is 0.404. The van der Waals surface area contributed by atoms with E-state index < -0.39 is 20.7 Å². The molecule has 0 aliphatic heterocycles. The van der Waals surface area contributed by atoms with E-state index in [0.717, 1.165) is 55.7 Å². The Balaban J connectivity index is 1.93. The average Bonchev–Trinajstić information content (AvgIpc) is 3.19. The molecular formula is C20H26ClFN4O4S2. The molecule has 2 atom stereocenters. The molecule has 1 heterocycles. The SMILES string of the molecule is CCN(C)[C@H]1CCCC[C@@H]1Nc1cc(F)c(S(=O)(=O)N(OC=O)c2nc(C)cs2)cc1Cl. The fourth-order valence-corrected chi connectivity index (χ4v) is 6.34. The molecule has 1 aliphatic carbocycles. The van der Waals surface area contributed by atoms with Crippen molar-refractivity contribution < 1.29 is 22.4 Å². The van der Waals surface area contributed by atoms with E-state index in [1.807, 2.05) is 7.05 Å². The summed E-state index contributed by atoms with van der Waals surface area (Å²) in [5.74, 6) is -1.01. The highest BCUT2D eigenvalue weighted by molar-refractivity contribution is 7.92. The summed E-state index contributed by atoms with van der Waals surface area (Å²) < 4.78 is 41.5. The number of carbonyl (C=O) groups excluding carboxylic acids is 1. The normalized spacial score (nSPS) is 19.1. The van der Waals surface area contributed by atoms with E-state index in [4.69, 9.17) is 11.6 Å². The third-order valence-corrected chi connectivity index (χ3v) is 8.47. The highest BCUT2D eigenvalue weighted by Gasteiger charge is 2.34. The fraction of sp³-hybridized carbons (Fsp3) is 0.500. The van der Waals surface area contributed by atoms with E-state index >= 15 is 4.39 Å². The molecule has 12 heteroatoms. The third kappa shape index (κ3) is 5.16. The van der Waals surface area contributed by atoms with Crippen molar-refractivity contribution in [3.63, 3.8) is 0 Å². The number of nitrogens with zero attached hydrogens (tertiary/aromatic N) is 3. The van der Waals surface area contributed by atoms with Crippen molar-refractivity contribution in [3.05, 3.63) is 34.0 Å². The summed E-state index contributed by atoms with van der Waals surface area (Å²) in [6, 6.07) is 2.42. The van der Waals surface area contributed by atoms with Crippen molar-refractivity contribution in [2.45, 2.75) is 56.5 Å². The van der Waals surface area contributed by atoms with Crippen LogP contribution < -0.4 is 9.79 Å². The van der Waals surface area contributed by atoms with Crippen molar-refractivity contribution >= 4 is 50.3 Å². The molecule has 1 aromatic carbocycles. The van der Waals surface area contributed by atoms with Gasteiger partial charge >= 0.3 is 16.5 Å². The predicted molar refractivity (Wildman–Crippen MR) is 123 cm³/mol. The maximum Gasteiger partial charge on any atom is 0.322 e. The number of anilines is 2. The summed E-state index contributed by atoms with van der Waals surface area (Å²) in [7, 11) is -2.56. The number of aromatic nitrogens is 1. The zero-order chi connectivity index (χ0) is 23.5. The molecule has 0 radical (unpaired) electrons. The summed E-state index contributed by atoms with van der Waals surface area (Å²) in [6.45, 7) is 4.55. The van der Waals surface area contributed by atoms with E-state index in [-0.39, 0.29) is 28.7 Å². The van der Waals surface area contributed by atoms with Crippen LogP contribution >= 0.6 is 22.9 Å². The number of sulfonamides is 1. The van der Waals surface area contributed by atoms with Crippen LogP contribution in [-0.2, 0) is 19.7 Å². The Bertz CT molecular complexity index is 1070. The van der Waals surface area contributed by atoms with Crippen LogP contribution in [0, 0.1) is 12.7 Å². The molecule has 1 N–H and O–H groups in total. The van der Waals surface area contributed by atoms with E-state index in [1.54, 1.807) is 12.3 Å². The Hall–Kier alpha value is -1.95. The summed E-state index contributed by atoms with van der Waals surface area (Å²) in [5.41, 5.74) is 0.842. The van der Waals surface area contributed by atoms with Gasteiger partial charge in [-0.15, -0.1) is 11.3 Å². The Kier molecular flexibility index (Phi) is 7.97. The Morgan fingerprint density at radius 2 is 2.09 bits per heavy atom. The average molecular weight is 505 g/mol. The maximum atomic E-state index is 15.0. The number of hydrogen-bond acceptors (Lipinski definition) is 8. The molecule has 1 saturated carbocycles. The van der Waals surface area contributed by atoms with Gasteiger partial charge in [0.1, 0.15) is 10.7 Å². The number of thiazole rings is 1. The van der Waals surface area contributed by atoms with Crippen molar-refractivity contribution in [1.82, 2.24) is 9.88 Å².